The number of hydrogen-bond acceptors (Lipinski definition) is 2. The largest absolute Gasteiger partial charge is 0.262 e. The van der Waals surface area contributed by atoms with Crippen molar-refractivity contribution in [3.05, 3.63) is 11.8 Å². The fourth-order valence-electron chi connectivity index (χ4n) is 0.994. The molecule has 1 atom stereocenters. The molecule has 0 N–H and O–H groups in total. The number of halogens is 1. The molecule has 4 heteroatoms. The lowest BCUT2D eigenvalue weighted by Crippen LogP contribution is -2.00. The number of nitrogens with zero attached hydrogens (tertiary/aromatic N) is 2. The van der Waals surface area contributed by atoms with Crippen LogP contribution in [0, 0.1) is 12.8 Å². The Hall–Kier alpha value is 0.0400. The van der Waals surface area contributed by atoms with Gasteiger partial charge in [-0.3, -0.25) is 4.68 Å². The summed E-state index contributed by atoms with van der Waals surface area (Å²) in [7, 11) is 1.99. The van der Waals surface area contributed by atoms with Crippen LogP contribution in [0.3, 0.4) is 0 Å². The summed E-state index contributed by atoms with van der Waals surface area (Å²) >= 11 is 5.35. The molecule has 0 spiro atoms. The van der Waals surface area contributed by atoms with Gasteiger partial charge in [0.25, 0.3) is 0 Å². The Morgan fingerprint density at radius 1 is 1.69 bits per heavy atom. The Balaban J connectivity index is 2.49. The first-order valence-corrected chi connectivity index (χ1v) is 6.43. The van der Waals surface area contributed by atoms with E-state index < -0.39 is 0 Å². The molecule has 74 valence electrons. The Bertz CT molecular complexity index is 273. The quantitative estimate of drug-likeness (QED) is 0.614. The van der Waals surface area contributed by atoms with Crippen molar-refractivity contribution in [1.82, 2.24) is 9.78 Å². The predicted molar refractivity (Wildman–Crippen MR) is 61.6 cm³/mol. The number of alkyl halides is 1. The lowest BCUT2D eigenvalue weighted by molar-refractivity contribution is 0.689. The van der Waals surface area contributed by atoms with Gasteiger partial charge in [-0.1, -0.05) is 22.9 Å². The van der Waals surface area contributed by atoms with E-state index in [4.69, 9.17) is 0 Å². The van der Waals surface area contributed by atoms with Gasteiger partial charge in [-0.15, -0.1) is 11.8 Å². The molecule has 0 radical (unpaired) electrons. The van der Waals surface area contributed by atoms with Gasteiger partial charge >= 0.3 is 0 Å². The van der Waals surface area contributed by atoms with E-state index >= 15 is 0 Å². The minimum Gasteiger partial charge on any atom is -0.262 e. The number of hydrogen-bond donors (Lipinski definition) is 0. The molecule has 0 aliphatic heterocycles. The molecule has 0 aliphatic rings. The van der Waals surface area contributed by atoms with Gasteiger partial charge in [0.15, 0.2) is 0 Å². The molecule has 0 aliphatic carbocycles. The van der Waals surface area contributed by atoms with Crippen LogP contribution in [0.5, 0.6) is 0 Å². The van der Waals surface area contributed by atoms with Crippen LogP contribution in [-0.2, 0) is 7.05 Å². The van der Waals surface area contributed by atoms with E-state index in [1.165, 1.54) is 5.03 Å². The lowest BCUT2D eigenvalue weighted by atomic mass is 10.3. The second-order valence-electron chi connectivity index (χ2n) is 3.32. The van der Waals surface area contributed by atoms with Crippen LogP contribution in [-0.4, -0.2) is 20.9 Å². The Morgan fingerprint density at radius 3 is 2.85 bits per heavy atom. The summed E-state index contributed by atoms with van der Waals surface area (Å²) < 4.78 is 1.95. The SMILES string of the molecule is Cc1cc(SCC(C)CBr)n(C)n1. The molecule has 1 aromatic heterocycles. The van der Waals surface area contributed by atoms with Gasteiger partial charge in [-0.05, 0) is 18.9 Å². The monoisotopic (exact) mass is 262 g/mol. The minimum absolute atomic E-state index is 0.709. The summed E-state index contributed by atoms with van der Waals surface area (Å²) in [4.78, 5) is 0. The van der Waals surface area contributed by atoms with Crippen LogP contribution in [0.15, 0.2) is 11.1 Å². The van der Waals surface area contributed by atoms with Gasteiger partial charge in [0.1, 0.15) is 0 Å². The number of thioether (sulfide) groups is 1. The van der Waals surface area contributed by atoms with Gasteiger partial charge in [0.2, 0.25) is 0 Å². The summed E-state index contributed by atoms with van der Waals surface area (Å²) in [5.74, 6) is 1.85. The average molecular weight is 263 g/mol. The van der Waals surface area contributed by atoms with E-state index in [0.717, 1.165) is 16.8 Å². The van der Waals surface area contributed by atoms with Crippen molar-refractivity contribution in [3.8, 4) is 0 Å². The first kappa shape index (κ1) is 11.1. The van der Waals surface area contributed by atoms with Crippen LogP contribution in [0.25, 0.3) is 0 Å². The fraction of sp³-hybridized carbons (Fsp3) is 0.667. The third-order valence-electron chi connectivity index (χ3n) is 1.74. The third kappa shape index (κ3) is 3.35. The summed E-state index contributed by atoms with van der Waals surface area (Å²) in [5, 5.41) is 6.62. The molecule has 1 heterocycles. The van der Waals surface area contributed by atoms with E-state index in [-0.39, 0.29) is 0 Å². The first-order valence-electron chi connectivity index (χ1n) is 4.33. The molecule has 0 saturated carbocycles. The maximum absolute atomic E-state index is 4.30. The van der Waals surface area contributed by atoms with Gasteiger partial charge < -0.3 is 0 Å². The maximum Gasteiger partial charge on any atom is 0.0939 e. The van der Waals surface area contributed by atoms with Crippen molar-refractivity contribution in [2.75, 3.05) is 11.1 Å². The zero-order valence-electron chi connectivity index (χ0n) is 8.25. The van der Waals surface area contributed by atoms with Gasteiger partial charge in [-0.25, -0.2) is 0 Å². The van der Waals surface area contributed by atoms with Crippen molar-refractivity contribution in [3.63, 3.8) is 0 Å². The number of aromatic nitrogens is 2. The van der Waals surface area contributed by atoms with Crippen LogP contribution < -0.4 is 0 Å². The van der Waals surface area contributed by atoms with Gasteiger partial charge in [-0.2, -0.15) is 5.10 Å². The number of rotatable bonds is 4. The maximum atomic E-state index is 4.30. The molecule has 0 amide bonds. The van der Waals surface area contributed by atoms with E-state index in [2.05, 4.69) is 34.0 Å². The third-order valence-corrected chi connectivity index (χ3v) is 4.26. The van der Waals surface area contributed by atoms with E-state index in [0.29, 0.717) is 5.92 Å². The summed E-state index contributed by atoms with van der Waals surface area (Å²) in [6, 6.07) is 2.13. The van der Waals surface area contributed by atoms with E-state index in [1.54, 1.807) is 0 Å². The number of aryl methyl sites for hydroxylation is 2. The highest BCUT2D eigenvalue weighted by atomic mass is 79.9. The van der Waals surface area contributed by atoms with Crippen LogP contribution in [0.1, 0.15) is 12.6 Å². The van der Waals surface area contributed by atoms with Crippen LogP contribution >= 0.6 is 27.7 Å². The standard InChI is InChI=1S/C9H15BrN2S/c1-7(5-10)6-13-9-4-8(2)11-12(9)3/h4,7H,5-6H2,1-3H3. The molecule has 0 saturated heterocycles. The summed E-state index contributed by atoms with van der Waals surface area (Å²) in [6.07, 6.45) is 0. The van der Waals surface area contributed by atoms with Crippen molar-refractivity contribution < 1.29 is 0 Å². The zero-order chi connectivity index (χ0) is 9.84. The van der Waals surface area contributed by atoms with Crippen LogP contribution in [0.4, 0.5) is 0 Å². The van der Waals surface area contributed by atoms with Crippen molar-refractivity contribution in [2.45, 2.75) is 18.9 Å². The predicted octanol–water partition coefficient (Wildman–Crippen LogP) is 2.85. The highest BCUT2D eigenvalue weighted by molar-refractivity contribution is 9.09. The Labute approximate surface area is 92.2 Å². The molecule has 2 nitrogen and oxygen atoms in total. The topological polar surface area (TPSA) is 17.8 Å². The minimum atomic E-state index is 0.709. The molecule has 1 aromatic rings. The van der Waals surface area contributed by atoms with Gasteiger partial charge in [0, 0.05) is 18.1 Å². The highest BCUT2D eigenvalue weighted by Crippen LogP contribution is 2.21. The fourth-order valence-corrected chi connectivity index (χ4v) is 2.58. The molecule has 1 rings (SSSR count). The normalized spacial score (nSPS) is 13.2. The molecule has 1 unspecified atom stereocenters. The van der Waals surface area contributed by atoms with Crippen molar-refractivity contribution in [1.29, 1.82) is 0 Å². The molecule has 0 bridgehead atoms. The first-order chi connectivity index (χ1) is 6.13. The van der Waals surface area contributed by atoms with Crippen molar-refractivity contribution in [2.24, 2.45) is 13.0 Å². The average Bonchev–Trinajstić information content (AvgIpc) is 2.41. The second kappa shape index (κ2) is 5.05. The molecular weight excluding hydrogens is 248 g/mol. The second-order valence-corrected chi connectivity index (χ2v) is 5.01. The van der Waals surface area contributed by atoms with E-state index in [1.807, 2.05) is 30.4 Å². The molecule has 0 fully saturated rings. The van der Waals surface area contributed by atoms with Crippen LogP contribution in [0.2, 0.25) is 0 Å². The Morgan fingerprint density at radius 2 is 2.38 bits per heavy atom. The zero-order valence-corrected chi connectivity index (χ0v) is 10.7. The smallest absolute Gasteiger partial charge is 0.0939 e. The molecular formula is C9H15BrN2S. The molecule has 0 aromatic carbocycles. The lowest BCUT2D eigenvalue weighted by Gasteiger charge is -2.06. The summed E-state index contributed by atoms with van der Waals surface area (Å²) in [5.41, 5.74) is 1.09. The van der Waals surface area contributed by atoms with E-state index in [9.17, 15) is 0 Å². The summed E-state index contributed by atoms with van der Waals surface area (Å²) in [6.45, 7) is 4.27. The molecule has 13 heavy (non-hydrogen) atoms. The highest BCUT2D eigenvalue weighted by Gasteiger charge is 2.05. The van der Waals surface area contributed by atoms with Crippen molar-refractivity contribution >= 4 is 27.7 Å². The Kier molecular flexibility index (Phi) is 4.32. The van der Waals surface area contributed by atoms with Gasteiger partial charge in [0.05, 0.1) is 10.7 Å².